The lowest BCUT2D eigenvalue weighted by Gasteiger charge is -2.22. The maximum atomic E-state index is 12.9. The number of likely N-dealkylation sites (N-methyl/N-ethyl adjacent to an activating group) is 1. The Morgan fingerprint density at radius 3 is 2.96 bits per heavy atom. The van der Waals surface area contributed by atoms with Crippen molar-refractivity contribution in [1.82, 2.24) is 4.90 Å². The highest BCUT2D eigenvalue weighted by molar-refractivity contribution is 6.01. The fourth-order valence-electron chi connectivity index (χ4n) is 2.46. The molecular formula is C17H23FN2O3. The Morgan fingerprint density at radius 1 is 1.52 bits per heavy atom. The Labute approximate surface area is 136 Å². The van der Waals surface area contributed by atoms with Crippen LogP contribution in [0.2, 0.25) is 0 Å². The summed E-state index contributed by atoms with van der Waals surface area (Å²) in [7, 11) is 1.91. The summed E-state index contributed by atoms with van der Waals surface area (Å²) in [5.74, 6) is -0.266. The summed E-state index contributed by atoms with van der Waals surface area (Å²) in [4.78, 5) is 7.41. The Bertz CT molecular complexity index is 533. The summed E-state index contributed by atoms with van der Waals surface area (Å²) in [6, 6.07) is 6.22. The average Bonchev–Trinajstić information content (AvgIpc) is 2.96. The molecule has 2 atom stereocenters. The Balaban J connectivity index is 1.73. The van der Waals surface area contributed by atoms with Gasteiger partial charge in [0.25, 0.3) is 0 Å². The van der Waals surface area contributed by atoms with Gasteiger partial charge in [0, 0.05) is 19.5 Å². The van der Waals surface area contributed by atoms with Gasteiger partial charge in [0.15, 0.2) is 0 Å². The van der Waals surface area contributed by atoms with E-state index in [1.807, 2.05) is 11.9 Å². The van der Waals surface area contributed by atoms with Gasteiger partial charge in [0.2, 0.25) is 0 Å². The van der Waals surface area contributed by atoms with E-state index in [0.29, 0.717) is 26.1 Å². The predicted octanol–water partition coefficient (Wildman–Crippen LogP) is 1.81. The van der Waals surface area contributed by atoms with Crippen LogP contribution in [0.1, 0.15) is 12.0 Å². The predicted molar refractivity (Wildman–Crippen MR) is 86.9 cm³/mol. The van der Waals surface area contributed by atoms with Crippen molar-refractivity contribution in [2.75, 3.05) is 33.4 Å². The monoisotopic (exact) mass is 322 g/mol. The lowest BCUT2D eigenvalue weighted by molar-refractivity contribution is 0.0129. The van der Waals surface area contributed by atoms with Gasteiger partial charge < -0.3 is 14.7 Å². The number of aliphatic hydroxyl groups excluding tert-OH is 1. The van der Waals surface area contributed by atoms with Crippen LogP contribution in [0, 0.1) is 5.82 Å². The molecule has 5 nitrogen and oxygen atoms in total. The van der Waals surface area contributed by atoms with Crippen LogP contribution < -0.4 is 0 Å². The molecule has 1 aromatic rings. The van der Waals surface area contributed by atoms with Gasteiger partial charge in [-0.15, -0.1) is 6.58 Å². The van der Waals surface area contributed by atoms with Crippen LogP contribution in [0.25, 0.3) is 0 Å². The highest BCUT2D eigenvalue weighted by Gasteiger charge is 2.24. The fraction of sp³-hybridized carbons (Fsp3) is 0.471. The summed E-state index contributed by atoms with van der Waals surface area (Å²) >= 11 is 0. The van der Waals surface area contributed by atoms with E-state index in [4.69, 9.17) is 9.57 Å². The molecule has 0 bridgehead atoms. The maximum absolute atomic E-state index is 12.9. The Kier molecular flexibility index (Phi) is 6.70. The quantitative estimate of drug-likeness (QED) is 0.556. The summed E-state index contributed by atoms with van der Waals surface area (Å²) < 4.78 is 18.2. The molecule has 0 saturated carbocycles. The van der Waals surface area contributed by atoms with Gasteiger partial charge >= 0.3 is 0 Å². The average molecular weight is 322 g/mol. The minimum Gasteiger partial charge on any atom is -0.390 e. The molecule has 0 fully saturated rings. The largest absolute Gasteiger partial charge is 0.390 e. The molecule has 0 spiro atoms. The van der Waals surface area contributed by atoms with Crippen molar-refractivity contribution in [3.05, 3.63) is 48.3 Å². The number of hydrogen-bond acceptors (Lipinski definition) is 5. The zero-order valence-corrected chi connectivity index (χ0v) is 13.3. The number of ether oxygens (including phenoxy) is 1. The maximum Gasteiger partial charge on any atom is 0.145 e. The molecule has 6 heteroatoms. The molecule has 126 valence electrons. The normalized spacial score (nSPS) is 18.6. The lowest BCUT2D eigenvalue weighted by Crippen LogP contribution is -2.37. The zero-order chi connectivity index (χ0) is 16.7. The molecule has 0 radical (unpaired) electrons. The smallest absolute Gasteiger partial charge is 0.145 e. The van der Waals surface area contributed by atoms with Gasteiger partial charge in [-0.05, 0) is 24.7 Å². The van der Waals surface area contributed by atoms with Crippen molar-refractivity contribution >= 4 is 5.71 Å². The molecule has 0 aromatic heterocycles. The molecule has 0 amide bonds. The molecule has 2 rings (SSSR count). The third-order valence-corrected chi connectivity index (χ3v) is 3.49. The molecule has 1 N–H and O–H groups in total. The molecule has 0 saturated heterocycles. The van der Waals surface area contributed by atoms with E-state index in [2.05, 4.69) is 11.7 Å². The van der Waals surface area contributed by atoms with Gasteiger partial charge in [-0.3, -0.25) is 4.90 Å². The van der Waals surface area contributed by atoms with Crippen LogP contribution in [-0.4, -0.2) is 61.3 Å². The van der Waals surface area contributed by atoms with Gasteiger partial charge in [0.1, 0.15) is 11.9 Å². The molecule has 1 heterocycles. The number of hydrogen-bond donors (Lipinski definition) is 1. The van der Waals surface area contributed by atoms with Crippen LogP contribution in [-0.2, 0) is 9.57 Å². The van der Waals surface area contributed by atoms with Crippen molar-refractivity contribution < 1.29 is 19.1 Å². The number of benzene rings is 1. The van der Waals surface area contributed by atoms with Crippen molar-refractivity contribution in [3.8, 4) is 0 Å². The first-order valence-corrected chi connectivity index (χ1v) is 7.62. The first-order valence-electron chi connectivity index (χ1n) is 7.62. The topological polar surface area (TPSA) is 54.3 Å². The summed E-state index contributed by atoms with van der Waals surface area (Å²) in [5, 5.41) is 13.9. The minimum absolute atomic E-state index is 0.0682. The van der Waals surface area contributed by atoms with Crippen molar-refractivity contribution in [3.63, 3.8) is 0 Å². The molecule has 0 aliphatic carbocycles. The summed E-state index contributed by atoms with van der Waals surface area (Å²) in [6.07, 6.45) is 1.69. The lowest BCUT2D eigenvalue weighted by atomic mass is 10.0. The van der Waals surface area contributed by atoms with Crippen molar-refractivity contribution in [2.24, 2.45) is 5.16 Å². The second kappa shape index (κ2) is 8.76. The molecule has 23 heavy (non-hydrogen) atoms. The van der Waals surface area contributed by atoms with Gasteiger partial charge in [-0.2, -0.15) is 0 Å². The first-order chi connectivity index (χ1) is 11.1. The Hall–Kier alpha value is -1.76. The molecule has 1 aliphatic heterocycles. The number of aliphatic hydroxyl groups is 1. The number of halogens is 1. The van der Waals surface area contributed by atoms with Crippen LogP contribution in [0.3, 0.4) is 0 Å². The van der Waals surface area contributed by atoms with E-state index in [9.17, 15) is 9.50 Å². The van der Waals surface area contributed by atoms with E-state index >= 15 is 0 Å². The SMILES string of the molecule is C=CCOCC(O)CN(C)CC1CC(c2ccc(F)cc2)=NO1. The van der Waals surface area contributed by atoms with Crippen molar-refractivity contribution in [2.45, 2.75) is 18.6 Å². The zero-order valence-electron chi connectivity index (χ0n) is 13.3. The molecule has 2 unspecified atom stereocenters. The molecular weight excluding hydrogens is 299 g/mol. The van der Waals surface area contributed by atoms with E-state index in [1.165, 1.54) is 12.1 Å². The van der Waals surface area contributed by atoms with Crippen LogP contribution in [0.15, 0.2) is 42.1 Å². The Morgan fingerprint density at radius 2 is 2.26 bits per heavy atom. The van der Waals surface area contributed by atoms with E-state index in [-0.39, 0.29) is 18.5 Å². The fourth-order valence-corrected chi connectivity index (χ4v) is 2.46. The third kappa shape index (κ3) is 5.74. The second-order valence-electron chi connectivity index (χ2n) is 5.68. The number of oxime groups is 1. The van der Waals surface area contributed by atoms with Gasteiger partial charge in [-0.25, -0.2) is 4.39 Å². The van der Waals surface area contributed by atoms with Crippen LogP contribution in [0.5, 0.6) is 0 Å². The number of nitrogens with zero attached hydrogens (tertiary/aromatic N) is 2. The van der Waals surface area contributed by atoms with Gasteiger partial charge in [-0.1, -0.05) is 23.4 Å². The van der Waals surface area contributed by atoms with Gasteiger partial charge in [0.05, 0.1) is 25.0 Å². The standard InChI is InChI=1S/C17H23FN2O3/c1-3-8-22-12-15(21)10-20(2)11-16-9-17(19-23-16)13-4-6-14(18)7-5-13/h3-7,15-16,21H,1,8-12H2,2H3. The third-order valence-electron chi connectivity index (χ3n) is 3.49. The number of rotatable bonds is 9. The first kappa shape index (κ1) is 17.6. The highest BCUT2D eigenvalue weighted by Crippen LogP contribution is 2.17. The van der Waals surface area contributed by atoms with E-state index in [0.717, 1.165) is 11.3 Å². The minimum atomic E-state index is -0.557. The van der Waals surface area contributed by atoms with Crippen LogP contribution in [0.4, 0.5) is 4.39 Å². The molecule has 1 aliphatic rings. The van der Waals surface area contributed by atoms with Crippen LogP contribution >= 0.6 is 0 Å². The highest BCUT2D eigenvalue weighted by atomic mass is 19.1. The summed E-state index contributed by atoms with van der Waals surface area (Å²) in [6.45, 7) is 5.40. The van der Waals surface area contributed by atoms with Crippen molar-refractivity contribution in [1.29, 1.82) is 0 Å². The summed E-state index contributed by atoms with van der Waals surface area (Å²) in [5.41, 5.74) is 1.69. The van der Waals surface area contributed by atoms with E-state index < -0.39 is 6.10 Å². The second-order valence-corrected chi connectivity index (χ2v) is 5.68. The van der Waals surface area contributed by atoms with E-state index in [1.54, 1.807) is 18.2 Å². The molecule has 1 aromatic carbocycles.